The summed E-state index contributed by atoms with van der Waals surface area (Å²) >= 11 is 1.51. The van der Waals surface area contributed by atoms with Crippen LogP contribution < -0.4 is 9.47 Å². The number of Topliss-reactive ketones (excluding diaryl/α,β-unsaturated/α-hetero) is 1. The smallest absolute Gasteiger partial charge is 0.310 e. The van der Waals surface area contributed by atoms with E-state index < -0.39 is 5.97 Å². The van der Waals surface area contributed by atoms with Gasteiger partial charge in [0.15, 0.2) is 6.61 Å². The topological polar surface area (TPSA) is 61.8 Å². The highest BCUT2D eigenvalue weighted by Crippen LogP contribution is 2.25. The molecular formula is C16H16O5S. The van der Waals surface area contributed by atoms with Crippen molar-refractivity contribution in [2.75, 3.05) is 20.8 Å². The molecule has 0 unspecified atom stereocenters. The van der Waals surface area contributed by atoms with E-state index in [0.717, 1.165) is 5.56 Å². The average Bonchev–Trinajstić information content (AvgIpc) is 3.04. The first-order valence-corrected chi connectivity index (χ1v) is 7.50. The van der Waals surface area contributed by atoms with Crippen molar-refractivity contribution in [2.45, 2.75) is 6.42 Å². The highest BCUT2D eigenvalue weighted by Gasteiger charge is 2.15. The van der Waals surface area contributed by atoms with Crippen molar-refractivity contribution in [3.8, 4) is 11.5 Å². The van der Waals surface area contributed by atoms with E-state index in [1.165, 1.54) is 25.6 Å². The Hall–Kier alpha value is -2.34. The van der Waals surface area contributed by atoms with Crippen molar-refractivity contribution in [3.05, 3.63) is 46.2 Å². The third-order valence-corrected chi connectivity index (χ3v) is 3.73. The lowest BCUT2D eigenvalue weighted by Gasteiger charge is -2.10. The van der Waals surface area contributed by atoms with Gasteiger partial charge < -0.3 is 14.2 Å². The number of methoxy groups -OCH3 is 2. The number of hydrogen-bond acceptors (Lipinski definition) is 6. The second-order valence-corrected chi connectivity index (χ2v) is 5.24. The number of hydrogen-bond donors (Lipinski definition) is 0. The fraction of sp³-hybridized carbons (Fsp3) is 0.250. The molecule has 1 aromatic heterocycles. The summed E-state index contributed by atoms with van der Waals surface area (Å²) in [5.74, 6) is 0.221. The van der Waals surface area contributed by atoms with Crippen LogP contribution in [-0.4, -0.2) is 32.6 Å². The number of carbonyl (C=O) groups excluding carboxylic acids is 2. The number of thiophene rings is 1. The van der Waals surface area contributed by atoms with Gasteiger partial charge in [-0.25, -0.2) is 0 Å². The van der Waals surface area contributed by atoms with Gasteiger partial charge in [-0.1, -0.05) is 0 Å². The molecule has 1 heterocycles. The lowest BCUT2D eigenvalue weighted by atomic mass is 10.1. The third kappa shape index (κ3) is 4.08. The Morgan fingerprint density at radius 2 is 1.95 bits per heavy atom. The predicted octanol–water partition coefficient (Wildman–Crippen LogP) is 2.73. The van der Waals surface area contributed by atoms with Crippen LogP contribution in [0.15, 0.2) is 35.0 Å². The molecule has 0 aliphatic heterocycles. The van der Waals surface area contributed by atoms with E-state index >= 15 is 0 Å². The van der Waals surface area contributed by atoms with E-state index in [2.05, 4.69) is 0 Å². The molecule has 0 aliphatic carbocycles. The summed E-state index contributed by atoms with van der Waals surface area (Å²) in [6.45, 7) is -0.314. The van der Waals surface area contributed by atoms with Gasteiger partial charge >= 0.3 is 5.97 Å². The molecule has 5 nitrogen and oxygen atoms in total. The first-order valence-electron chi connectivity index (χ1n) is 6.56. The van der Waals surface area contributed by atoms with Crippen molar-refractivity contribution < 1.29 is 23.8 Å². The molecule has 0 bridgehead atoms. The highest BCUT2D eigenvalue weighted by molar-refractivity contribution is 7.07. The van der Waals surface area contributed by atoms with Gasteiger partial charge in [-0.3, -0.25) is 9.59 Å². The average molecular weight is 320 g/mol. The van der Waals surface area contributed by atoms with Crippen LogP contribution in [0.1, 0.15) is 15.9 Å². The summed E-state index contributed by atoms with van der Waals surface area (Å²) in [6.07, 6.45) is 0.163. The fourth-order valence-corrected chi connectivity index (χ4v) is 2.53. The Kier molecular flexibility index (Phi) is 5.55. The van der Waals surface area contributed by atoms with E-state index in [-0.39, 0.29) is 18.8 Å². The van der Waals surface area contributed by atoms with Crippen LogP contribution in [0.4, 0.5) is 0 Å². The van der Waals surface area contributed by atoms with Crippen molar-refractivity contribution in [3.63, 3.8) is 0 Å². The Balaban J connectivity index is 1.96. The molecule has 0 amide bonds. The van der Waals surface area contributed by atoms with Gasteiger partial charge in [0.05, 0.1) is 26.2 Å². The van der Waals surface area contributed by atoms with Crippen molar-refractivity contribution in [1.82, 2.24) is 0 Å². The third-order valence-electron chi connectivity index (χ3n) is 3.00. The molecular weight excluding hydrogens is 304 g/mol. The van der Waals surface area contributed by atoms with Gasteiger partial charge in [-0.2, -0.15) is 11.3 Å². The molecule has 0 fully saturated rings. The van der Waals surface area contributed by atoms with E-state index in [4.69, 9.17) is 14.2 Å². The summed E-state index contributed by atoms with van der Waals surface area (Å²) in [6, 6.07) is 6.70. The zero-order chi connectivity index (χ0) is 15.9. The summed E-state index contributed by atoms with van der Waals surface area (Å²) in [4.78, 5) is 23.8. The minimum Gasteiger partial charge on any atom is -0.497 e. The van der Waals surface area contributed by atoms with Crippen LogP contribution in [0.5, 0.6) is 11.5 Å². The molecule has 22 heavy (non-hydrogen) atoms. The van der Waals surface area contributed by atoms with Crippen molar-refractivity contribution in [1.29, 1.82) is 0 Å². The van der Waals surface area contributed by atoms with Gasteiger partial charge in [-0.05, 0) is 34.5 Å². The molecule has 0 atom stereocenters. The number of ether oxygens (including phenoxy) is 3. The van der Waals surface area contributed by atoms with Gasteiger partial charge in [0.1, 0.15) is 11.5 Å². The minimum absolute atomic E-state index is 0.163. The Bertz CT molecular complexity index is 649. The standard InChI is InChI=1S/C16H16O5S/c1-19-12-3-4-13(15(8-12)20-2)14(17)9-21-16(18)7-11-5-6-22-10-11/h3-6,8,10H,7,9H2,1-2H3. The first-order chi connectivity index (χ1) is 10.6. The van der Waals surface area contributed by atoms with E-state index in [1.54, 1.807) is 18.2 Å². The van der Waals surface area contributed by atoms with E-state index in [1.807, 2.05) is 16.8 Å². The van der Waals surface area contributed by atoms with Crippen LogP contribution in [0.25, 0.3) is 0 Å². The van der Waals surface area contributed by atoms with Crippen LogP contribution in [0, 0.1) is 0 Å². The minimum atomic E-state index is -0.431. The number of esters is 1. The zero-order valence-corrected chi connectivity index (χ0v) is 13.1. The van der Waals surface area contributed by atoms with E-state index in [9.17, 15) is 9.59 Å². The number of benzene rings is 1. The second-order valence-electron chi connectivity index (χ2n) is 4.46. The summed E-state index contributed by atoms with van der Waals surface area (Å²) in [5, 5.41) is 3.76. The van der Waals surface area contributed by atoms with Gasteiger partial charge in [-0.15, -0.1) is 0 Å². The van der Waals surface area contributed by atoms with Gasteiger partial charge in [0.2, 0.25) is 5.78 Å². The molecule has 6 heteroatoms. The Labute approximate surface area is 132 Å². The van der Waals surface area contributed by atoms with Crippen LogP contribution in [0.3, 0.4) is 0 Å². The highest BCUT2D eigenvalue weighted by atomic mass is 32.1. The zero-order valence-electron chi connectivity index (χ0n) is 12.3. The molecule has 0 aliphatic rings. The quantitative estimate of drug-likeness (QED) is 0.580. The Morgan fingerprint density at radius 3 is 2.59 bits per heavy atom. The summed E-state index contributed by atoms with van der Waals surface area (Å²) < 4.78 is 15.3. The van der Waals surface area contributed by atoms with Gasteiger partial charge in [0, 0.05) is 6.07 Å². The number of carbonyl (C=O) groups is 2. The molecule has 1 aromatic carbocycles. The maximum absolute atomic E-state index is 12.1. The maximum atomic E-state index is 12.1. The monoisotopic (exact) mass is 320 g/mol. The molecule has 0 saturated heterocycles. The normalized spacial score (nSPS) is 10.1. The molecule has 2 rings (SSSR count). The van der Waals surface area contributed by atoms with Crippen molar-refractivity contribution >= 4 is 23.1 Å². The molecule has 2 aromatic rings. The van der Waals surface area contributed by atoms with Crippen LogP contribution in [0.2, 0.25) is 0 Å². The van der Waals surface area contributed by atoms with E-state index in [0.29, 0.717) is 17.1 Å². The molecule has 116 valence electrons. The largest absolute Gasteiger partial charge is 0.497 e. The molecule has 0 saturated carbocycles. The first kappa shape index (κ1) is 16.0. The van der Waals surface area contributed by atoms with Gasteiger partial charge in [0.25, 0.3) is 0 Å². The van der Waals surface area contributed by atoms with Crippen LogP contribution in [-0.2, 0) is 16.0 Å². The number of ketones is 1. The number of rotatable bonds is 7. The lowest BCUT2D eigenvalue weighted by molar-refractivity contribution is -0.141. The Morgan fingerprint density at radius 1 is 1.14 bits per heavy atom. The molecule has 0 radical (unpaired) electrons. The molecule has 0 N–H and O–H groups in total. The predicted molar refractivity (Wildman–Crippen MR) is 82.9 cm³/mol. The second kappa shape index (κ2) is 7.61. The summed E-state index contributed by atoms with van der Waals surface area (Å²) in [7, 11) is 3.00. The van der Waals surface area contributed by atoms with Crippen molar-refractivity contribution in [2.24, 2.45) is 0 Å². The molecule has 0 spiro atoms. The fourth-order valence-electron chi connectivity index (χ4n) is 1.86. The summed E-state index contributed by atoms with van der Waals surface area (Å²) in [5.41, 5.74) is 1.23. The SMILES string of the molecule is COc1ccc(C(=O)COC(=O)Cc2ccsc2)c(OC)c1. The van der Waals surface area contributed by atoms with Crippen LogP contribution >= 0.6 is 11.3 Å². The lowest BCUT2D eigenvalue weighted by Crippen LogP contribution is -2.16. The maximum Gasteiger partial charge on any atom is 0.310 e.